The molecule has 0 aliphatic rings. The van der Waals surface area contributed by atoms with Crippen molar-refractivity contribution in [2.24, 2.45) is 5.73 Å². The minimum absolute atomic E-state index is 0.310. The fourth-order valence-corrected chi connectivity index (χ4v) is 1.37. The zero-order chi connectivity index (χ0) is 10.4. The van der Waals surface area contributed by atoms with Gasteiger partial charge >= 0.3 is 0 Å². The molecule has 0 aliphatic heterocycles. The van der Waals surface area contributed by atoms with Gasteiger partial charge in [-0.25, -0.2) is 0 Å². The summed E-state index contributed by atoms with van der Waals surface area (Å²) in [6, 6.07) is 2.43. The van der Waals surface area contributed by atoms with E-state index in [0.717, 1.165) is 25.9 Å². The minimum Gasteiger partial charge on any atom is -0.367 e. The highest BCUT2D eigenvalue weighted by Crippen LogP contribution is 1.99. The van der Waals surface area contributed by atoms with E-state index in [1.54, 1.807) is 0 Å². The number of likely N-dealkylation sites (N-methyl/N-ethyl adjacent to an activating group) is 1. The second kappa shape index (κ2) is 5.83. The molecule has 0 radical (unpaired) electrons. The summed E-state index contributed by atoms with van der Waals surface area (Å²) >= 11 is 0. The maximum atomic E-state index is 5.70. The van der Waals surface area contributed by atoms with Crippen LogP contribution < -0.4 is 5.73 Å². The molecule has 0 amide bonds. The van der Waals surface area contributed by atoms with E-state index < -0.39 is 0 Å². The molecular formula is C11H21N3. The van der Waals surface area contributed by atoms with Crippen molar-refractivity contribution >= 4 is 0 Å². The summed E-state index contributed by atoms with van der Waals surface area (Å²) in [7, 11) is 2.15. The van der Waals surface area contributed by atoms with Gasteiger partial charge in [0.25, 0.3) is 0 Å². The van der Waals surface area contributed by atoms with Gasteiger partial charge < -0.3 is 15.6 Å². The SMILES string of the molecule is CC(N)CCN(C)CCc1cc[nH]c1. The lowest BCUT2D eigenvalue weighted by Crippen LogP contribution is -2.27. The number of nitrogens with one attached hydrogen (secondary N) is 1. The second-order valence-electron chi connectivity index (χ2n) is 4.04. The summed E-state index contributed by atoms with van der Waals surface area (Å²) in [6.45, 7) is 4.24. The molecule has 80 valence electrons. The molecule has 3 N–H and O–H groups in total. The quantitative estimate of drug-likeness (QED) is 0.717. The van der Waals surface area contributed by atoms with Crippen molar-refractivity contribution in [1.29, 1.82) is 0 Å². The highest BCUT2D eigenvalue weighted by atomic mass is 15.1. The Labute approximate surface area is 86.3 Å². The van der Waals surface area contributed by atoms with Crippen molar-refractivity contribution in [2.75, 3.05) is 20.1 Å². The highest BCUT2D eigenvalue weighted by Gasteiger charge is 2.01. The molecular weight excluding hydrogens is 174 g/mol. The van der Waals surface area contributed by atoms with Crippen LogP contribution in [0.2, 0.25) is 0 Å². The molecule has 1 aromatic rings. The van der Waals surface area contributed by atoms with Gasteiger partial charge in [-0.1, -0.05) is 0 Å². The molecule has 0 aromatic carbocycles. The maximum Gasteiger partial charge on any atom is 0.00378 e. The Kier molecular flexibility index (Phi) is 4.70. The highest BCUT2D eigenvalue weighted by molar-refractivity contribution is 5.08. The molecule has 1 aromatic heterocycles. The minimum atomic E-state index is 0.310. The lowest BCUT2D eigenvalue weighted by atomic mass is 10.2. The topological polar surface area (TPSA) is 45.0 Å². The van der Waals surface area contributed by atoms with Crippen LogP contribution in [-0.4, -0.2) is 36.1 Å². The van der Waals surface area contributed by atoms with E-state index >= 15 is 0 Å². The van der Waals surface area contributed by atoms with Crippen LogP contribution in [0.5, 0.6) is 0 Å². The Morgan fingerprint density at radius 3 is 2.86 bits per heavy atom. The van der Waals surface area contributed by atoms with E-state index in [4.69, 9.17) is 5.73 Å². The summed E-state index contributed by atoms with van der Waals surface area (Å²) in [5.74, 6) is 0. The van der Waals surface area contributed by atoms with Crippen LogP contribution in [0, 0.1) is 0 Å². The lowest BCUT2D eigenvalue weighted by molar-refractivity contribution is 0.324. The monoisotopic (exact) mass is 195 g/mol. The molecule has 0 saturated carbocycles. The molecule has 1 unspecified atom stereocenters. The number of aromatic amines is 1. The predicted molar refractivity (Wildman–Crippen MR) is 60.3 cm³/mol. The molecule has 14 heavy (non-hydrogen) atoms. The number of aromatic nitrogens is 1. The molecule has 0 fully saturated rings. The maximum absolute atomic E-state index is 5.70. The van der Waals surface area contributed by atoms with Gasteiger partial charge in [-0.2, -0.15) is 0 Å². The fourth-order valence-electron chi connectivity index (χ4n) is 1.37. The Morgan fingerprint density at radius 1 is 1.50 bits per heavy atom. The Hall–Kier alpha value is -0.800. The van der Waals surface area contributed by atoms with Gasteiger partial charge in [0.2, 0.25) is 0 Å². The van der Waals surface area contributed by atoms with Crippen LogP contribution in [0.3, 0.4) is 0 Å². The molecule has 0 saturated heterocycles. The van der Waals surface area contributed by atoms with Gasteiger partial charge in [-0.15, -0.1) is 0 Å². The number of nitrogens with zero attached hydrogens (tertiary/aromatic N) is 1. The van der Waals surface area contributed by atoms with Crippen molar-refractivity contribution < 1.29 is 0 Å². The largest absolute Gasteiger partial charge is 0.367 e. The number of nitrogens with two attached hydrogens (primary N) is 1. The molecule has 3 nitrogen and oxygen atoms in total. The van der Waals surface area contributed by atoms with Gasteiger partial charge in [0.1, 0.15) is 0 Å². The van der Waals surface area contributed by atoms with Crippen LogP contribution in [0.1, 0.15) is 18.9 Å². The molecule has 1 heterocycles. The van der Waals surface area contributed by atoms with Crippen LogP contribution in [0.4, 0.5) is 0 Å². The first-order chi connectivity index (χ1) is 6.68. The number of H-pyrrole nitrogens is 1. The van der Waals surface area contributed by atoms with Gasteiger partial charge in [0.15, 0.2) is 0 Å². The number of hydrogen-bond acceptors (Lipinski definition) is 2. The Balaban J connectivity index is 2.12. The summed E-state index contributed by atoms with van der Waals surface area (Å²) in [4.78, 5) is 5.39. The summed E-state index contributed by atoms with van der Waals surface area (Å²) in [5, 5.41) is 0. The third-order valence-corrected chi connectivity index (χ3v) is 2.41. The predicted octanol–water partition coefficient (Wildman–Crippen LogP) is 1.23. The molecule has 0 spiro atoms. The molecule has 1 rings (SSSR count). The third kappa shape index (κ3) is 4.44. The molecule has 1 atom stereocenters. The third-order valence-electron chi connectivity index (χ3n) is 2.41. The van der Waals surface area contributed by atoms with Crippen molar-refractivity contribution in [3.63, 3.8) is 0 Å². The van der Waals surface area contributed by atoms with Crippen LogP contribution in [-0.2, 0) is 6.42 Å². The van der Waals surface area contributed by atoms with Crippen LogP contribution in [0.15, 0.2) is 18.5 Å². The lowest BCUT2D eigenvalue weighted by Gasteiger charge is -2.17. The van der Waals surface area contributed by atoms with Crippen molar-refractivity contribution in [3.05, 3.63) is 24.0 Å². The van der Waals surface area contributed by atoms with Gasteiger partial charge in [-0.05, 0) is 45.0 Å². The van der Waals surface area contributed by atoms with E-state index in [2.05, 4.69) is 36.1 Å². The first-order valence-electron chi connectivity index (χ1n) is 5.24. The van der Waals surface area contributed by atoms with Crippen LogP contribution in [0.25, 0.3) is 0 Å². The standard InChI is InChI=1S/C11H21N3/c1-10(12)4-7-14(2)8-5-11-3-6-13-9-11/h3,6,9-10,13H,4-5,7-8,12H2,1-2H3. The Morgan fingerprint density at radius 2 is 2.29 bits per heavy atom. The van der Waals surface area contributed by atoms with E-state index in [9.17, 15) is 0 Å². The van der Waals surface area contributed by atoms with Gasteiger partial charge in [0, 0.05) is 25.0 Å². The normalized spacial score (nSPS) is 13.4. The average molecular weight is 195 g/mol. The van der Waals surface area contributed by atoms with E-state index in [0.29, 0.717) is 6.04 Å². The first-order valence-corrected chi connectivity index (χ1v) is 5.24. The summed E-state index contributed by atoms with van der Waals surface area (Å²) in [6.07, 6.45) is 6.21. The second-order valence-corrected chi connectivity index (χ2v) is 4.04. The zero-order valence-electron chi connectivity index (χ0n) is 9.16. The van der Waals surface area contributed by atoms with E-state index in [1.807, 2.05) is 6.20 Å². The van der Waals surface area contributed by atoms with Gasteiger partial charge in [0.05, 0.1) is 0 Å². The smallest absolute Gasteiger partial charge is 0.00378 e. The van der Waals surface area contributed by atoms with E-state index in [1.165, 1.54) is 5.56 Å². The van der Waals surface area contributed by atoms with Crippen molar-refractivity contribution in [3.8, 4) is 0 Å². The fraction of sp³-hybridized carbons (Fsp3) is 0.636. The molecule has 0 aliphatic carbocycles. The zero-order valence-corrected chi connectivity index (χ0v) is 9.16. The first kappa shape index (κ1) is 11.3. The van der Waals surface area contributed by atoms with Crippen molar-refractivity contribution in [2.45, 2.75) is 25.8 Å². The Bertz CT molecular complexity index is 229. The number of hydrogen-bond donors (Lipinski definition) is 2. The van der Waals surface area contributed by atoms with Gasteiger partial charge in [-0.3, -0.25) is 0 Å². The van der Waals surface area contributed by atoms with E-state index in [-0.39, 0.29) is 0 Å². The van der Waals surface area contributed by atoms with Crippen LogP contribution >= 0.6 is 0 Å². The van der Waals surface area contributed by atoms with Crippen molar-refractivity contribution in [1.82, 2.24) is 9.88 Å². The molecule has 0 bridgehead atoms. The average Bonchev–Trinajstić information content (AvgIpc) is 2.63. The summed E-state index contributed by atoms with van der Waals surface area (Å²) in [5.41, 5.74) is 7.07. The molecule has 3 heteroatoms. The number of rotatable bonds is 6. The summed E-state index contributed by atoms with van der Waals surface area (Å²) < 4.78 is 0.